The molecule has 2 nitrogen and oxygen atoms in total. The highest BCUT2D eigenvalue weighted by molar-refractivity contribution is 5.74. The van der Waals surface area contributed by atoms with E-state index in [1.165, 1.54) is 0 Å². The van der Waals surface area contributed by atoms with Crippen LogP contribution in [0.2, 0.25) is 0 Å². The first-order valence-electron chi connectivity index (χ1n) is 4.76. The van der Waals surface area contributed by atoms with Gasteiger partial charge in [-0.2, -0.15) is 0 Å². The number of carbonyl (C=O) groups is 1. The predicted octanol–water partition coefficient (Wildman–Crippen LogP) is 2.55. The van der Waals surface area contributed by atoms with Crippen LogP contribution in [0.15, 0.2) is 24.3 Å². The average molecular weight is 191 g/mol. The second-order valence-electron chi connectivity index (χ2n) is 4.63. The average Bonchev–Trinajstić information content (AvgIpc) is 2.15. The Bertz CT molecular complexity index is 308. The second-order valence-corrected chi connectivity index (χ2v) is 4.63. The van der Waals surface area contributed by atoms with Gasteiger partial charge >= 0.3 is 0 Å². The van der Waals surface area contributed by atoms with Crippen molar-refractivity contribution in [3.8, 4) is 0 Å². The molecule has 0 bridgehead atoms. The van der Waals surface area contributed by atoms with Crippen LogP contribution < -0.4 is 5.73 Å². The van der Waals surface area contributed by atoms with Crippen LogP contribution in [-0.4, -0.2) is 6.29 Å². The van der Waals surface area contributed by atoms with E-state index in [9.17, 15) is 4.79 Å². The first kappa shape index (κ1) is 10.9. The van der Waals surface area contributed by atoms with Crippen molar-refractivity contribution in [1.82, 2.24) is 0 Å². The minimum Gasteiger partial charge on any atom is -0.324 e. The lowest BCUT2D eigenvalue weighted by Crippen LogP contribution is -2.26. The smallest absolute Gasteiger partial charge is 0.150 e. The second kappa shape index (κ2) is 3.93. The molecule has 0 fully saturated rings. The Balaban J connectivity index is 2.92. The summed E-state index contributed by atoms with van der Waals surface area (Å²) in [7, 11) is 0. The van der Waals surface area contributed by atoms with Gasteiger partial charge in [0.25, 0.3) is 0 Å². The van der Waals surface area contributed by atoms with Gasteiger partial charge in [0.2, 0.25) is 0 Å². The van der Waals surface area contributed by atoms with E-state index < -0.39 is 0 Å². The molecule has 0 aliphatic carbocycles. The van der Waals surface area contributed by atoms with Gasteiger partial charge in [0, 0.05) is 11.6 Å². The summed E-state index contributed by atoms with van der Waals surface area (Å²) in [5.74, 6) is 0. The first-order chi connectivity index (χ1) is 6.45. The maximum absolute atomic E-state index is 10.5. The molecule has 1 atom stereocenters. The van der Waals surface area contributed by atoms with Crippen LogP contribution in [-0.2, 0) is 0 Å². The maximum Gasteiger partial charge on any atom is 0.150 e. The number of benzene rings is 1. The fourth-order valence-corrected chi connectivity index (χ4v) is 1.28. The molecule has 2 N–H and O–H groups in total. The summed E-state index contributed by atoms with van der Waals surface area (Å²) in [6.07, 6.45) is 0.840. The van der Waals surface area contributed by atoms with Gasteiger partial charge in [-0.3, -0.25) is 4.79 Å². The van der Waals surface area contributed by atoms with E-state index in [2.05, 4.69) is 20.8 Å². The highest BCUT2D eigenvalue weighted by Crippen LogP contribution is 2.30. The quantitative estimate of drug-likeness (QED) is 0.730. The van der Waals surface area contributed by atoms with E-state index in [0.717, 1.165) is 11.8 Å². The van der Waals surface area contributed by atoms with Gasteiger partial charge in [-0.1, -0.05) is 45.0 Å². The van der Waals surface area contributed by atoms with Crippen LogP contribution >= 0.6 is 0 Å². The van der Waals surface area contributed by atoms with Crippen LogP contribution in [0, 0.1) is 5.41 Å². The van der Waals surface area contributed by atoms with Gasteiger partial charge in [-0.15, -0.1) is 0 Å². The van der Waals surface area contributed by atoms with E-state index in [-0.39, 0.29) is 11.5 Å². The number of nitrogens with two attached hydrogens (primary N) is 1. The molecule has 2 heteroatoms. The number of hydrogen-bond donors (Lipinski definition) is 1. The Morgan fingerprint density at radius 1 is 1.21 bits per heavy atom. The summed E-state index contributed by atoms with van der Waals surface area (Å²) in [4.78, 5) is 10.5. The minimum absolute atomic E-state index is 0.00296. The lowest BCUT2D eigenvalue weighted by Gasteiger charge is -2.27. The van der Waals surface area contributed by atoms with Crippen LogP contribution in [0.5, 0.6) is 0 Å². The van der Waals surface area contributed by atoms with Crippen molar-refractivity contribution in [3.63, 3.8) is 0 Å². The molecule has 0 saturated carbocycles. The van der Waals surface area contributed by atoms with Crippen LogP contribution in [0.25, 0.3) is 0 Å². The molecule has 1 unspecified atom stereocenters. The van der Waals surface area contributed by atoms with Crippen molar-refractivity contribution >= 4 is 6.29 Å². The molecular weight excluding hydrogens is 174 g/mol. The van der Waals surface area contributed by atoms with Gasteiger partial charge < -0.3 is 5.73 Å². The molecule has 0 aliphatic heterocycles. The third kappa shape index (κ3) is 2.42. The summed E-state index contributed by atoms with van der Waals surface area (Å²) < 4.78 is 0. The van der Waals surface area contributed by atoms with E-state index in [1.807, 2.05) is 12.1 Å². The number of carbonyl (C=O) groups excluding carboxylic acids is 1. The summed E-state index contributed by atoms with van der Waals surface area (Å²) >= 11 is 0. The summed E-state index contributed by atoms with van der Waals surface area (Å²) in [6.45, 7) is 6.31. The maximum atomic E-state index is 10.5. The largest absolute Gasteiger partial charge is 0.324 e. The SMILES string of the molecule is CC(C)(C)C(N)c1ccc(C=O)cc1. The topological polar surface area (TPSA) is 43.1 Å². The highest BCUT2D eigenvalue weighted by atomic mass is 16.1. The monoisotopic (exact) mass is 191 g/mol. The molecule has 0 aromatic heterocycles. The molecule has 0 aliphatic rings. The van der Waals surface area contributed by atoms with Crippen LogP contribution in [0.1, 0.15) is 42.7 Å². The molecular formula is C12H17NO. The van der Waals surface area contributed by atoms with Crippen molar-refractivity contribution in [2.24, 2.45) is 11.1 Å². The molecule has 14 heavy (non-hydrogen) atoms. The predicted molar refractivity (Wildman–Crippen MR) is 58.2 cm³/mol. The van der Waals surface area contributed by atoms with Crippen LogP contribution in [0.4, 0.5) is 0 Å². The fraction of sp³-hybridized carbons (Fsp3) is 0.417. The molecule has 1 aromatic carbocycles. The molecule has 1 rings (SSSR count). The third-order valence-electron chi connectivity index (χ3n) is 2.36. The lowest BCUT2D eigenvalue weighted by molar-refractivity contribution is 0.112. The Morgan fingerprint density at radius 2 is 1.71 bits per heavy atom. The fourth-order valence-electron chi connectivity index (χ4n) is 1.28. The van der Waals surface area contributed by atoms with Gasteiger partial charge in [0.1, 0.15) is 6.29 Å². The van der Waals surface area contributed by atoms with Gasteiger partial charge in [-0.25, -0.2) is 0 Å². The number of aldehydes is 1. The molecule has 0 saturated heterocycles. The van der Waals surface area contributed by atoms with Crippen molar-refractivity contribution in [2.75, 3.05) is 0 Å². The Morgan fingerprint density at radius 3 is 2.07 bits per heavy atom. The zero-order valence-electron chi connectivity index (χ0n) is 8.95. The standard InChI is InChI=1S/C12H17NO/c1-12(2,3)11(13)10-6-4-9(8-14)5-7-10/h4-8,11H,13H2,1-3H3. The van der Waals surface area contributed by atoms with E-state index in [1.54, 1.807) is 12.1 Å². The summed E-state index contributed by atoms with van der Waals surface area (Å²) in [6, 6.07) is 7.43. The first-order valence-corrected chi connectivity index (χ1v) is 4.76. The zero-order chi connectivity index (χ0) is 10.8. The molecule has 0 heterocycles. The van der Waals surface area contributed by atoms with Crippen molar-refractivity contribution in [3.05, 3.63) is 35.4 Å². The van der Waals surface area contributed by atoms with Gasteiger partial charge in [-0.05, 0) is 11.0 Å². The highest BCUT2D eigenvalue weighted by Gasteiger charge is 2.21. The molecule has 0 radical (unpaired) electrons. The normalized spacial score (nSPS) is 13.7. The van der Waals surface area contributed by atoms with Gasteiger partial charge in [0.05, 0.1) is 0 Å². The van der Waals surface area contributed by atoms with Crippen molar-refractivity contribution in [1.29, 1.82) is 0 Å². The van der Waals surface area contributed by atoms with E-state index in [0.29, 0.717) is 5.56 Å². The molecule has 76 valence electrons. The van der Waals surface area contributed by atoms with Crippen molar-refractivity contribution < 1.29 is 4.79 Å². The molecule has 0 spiro atoms. The Hall–Kier alpha value is -1.15. The number of hydrogen-bond acceptors (Lipinski definition) is 2. The van der Waals surface area contributed by atoms with E-state index >= 15 is 0 Å². The lowest BCUT2D eigenvalue weighted by atomic mass is 9.83. The third-order valence-corrected chi connectivity index (χ3v) is 2.36. The zero-order valence-corrected chi connectivity index (χ0v) is 8.95. The summed E-state index contributed by atoms with van der Waals surface area (Å²) in [5, 5.41) is 0. The van der Waals surface area contributed by atoms with Gasteiger partial charge in [0.15, 0.2) is 0 Å². The van der Waals surface area contributed by atoms with E-state index in [4.69, 9.17) is 5.73 Å². The number of rotatable bonds is 2. The molecule has 1 aromatic rings. The summed E-state index contributed by atoms with van der Waals surface area (Å²) in [5.41, 5.74) is 7.88. The van der Waals surface area contributed by atoms with Crippen molar-refractivity contribution in [2.45, 2.75) is 26.8 Å². The Kier molecular flexibility index (Phi) is 3.06. The minimum atomic E-state index is 0.00296. The Labute approximate surface area is 85.1 Å². The molecule has 0 amide bonds. The van der Waals surface area contributed by atoms with Crippen LogP contribution in [0.3, 0.4) is 0 Å².